The zero-order valence-corrected chi connectivity index (χ0v) is 19.6. The molecule has 1 aliphatic heterocycles. The second-order valence-electron chi connectivity index (χ2n) is 7.38. The first-order chi connectivity index (χ1) is 16.2. The van der Waals surface area contributed by atoms with Gasteiger partial charge in [-0.2, -0.15) is 4.31 Å². The van der Waals surface area contributed by atoms with E-state index in [1.807, 2.05) is 0 Å². The molecular formula is C23H25N3O7S. The highest BCUT2D eigenvalue weighted by Crippen LogP contribution is 2.22. The van der Waals surface area contributed by atoms with Gasteiger partial charge in [0.1, 0.15) is 0 Å². The molecule has 3 amide bonds. The Morgan fingerprint density at radius 2 is 1.59 bits per heavy atom. The average molecular weight is 488 g/mol. The summed E-state index contributed by atoms with van der Waals surface area (Å²) in [5.74, 6) is -2.38. The summed E-state index contributed by atoms with van der Waals surface area (Å²) in [5, 5.41) is 2.49. The number of carbonyl (C=O) groups is 4. The number of carbonyl (C=O) groups excluding carboxylic acids is 4. The molecule has 1 N–H and O–H groups in total. The van der Waals surface area contributed by atoms with E-state index in [1.54, 1.807) is 38.1 Å². The summed E-state index contributed by atoms with van der Waals surface area (Å²) >= 11 is 0. The number of nitrogens with one attached hydrogen (secondary N) is 1. The van der Waals surface area contributed by atoms with E-state index < -0.39 is 40.3 Å². The van der Waals surface area contributed by atoms with Crippen LogP contribution in [-0.4, -0.2) is 67.6 Å². The molecule has 0 aliphatic carbocycles. The highest BCUT2D eigenvalue weighted by atomic mass is 32.2. The van der Waals surface area contributed by atoms with E-state index in [0.29, 0.717) is 13.1 Å². The first-order valence-electron chi connectivity index (χ1n) is 10.7. The smallest absolute Gasteiger partial charge is 0.308 e. The molecule has 11 heteroatoms. The molecule has 0 radical (unpaired) electrons. The van der Waals surface area contributed by atoms with Crippen molar-refractivity contribution in [3.63, 3.8) is 0 Å². The number of anilines is 1. The quantitative estimate of drug-likeness (QED) is 0.400. The Balaban J connectivity index is 1.51. The van der Waals surface area contributed by atoms with Gasteiger partial charge < -0.3 is 10.1 Å². The Bertz CT molecular complexity index is 1190. The van der Waals surface area contributed by atoms with Gasteiger partial charge in [-0.05, 0) is 30.3 Å². The number of amides is 3. The number of hydrogen-bond donors (Lipinski definition) is 1. The number of fused-ring (bicyclic) bond motifs is 1. The molecule has 0 saturated carbocycles. The molecule has 0 bridgehead atoms. The molecule has 0 unspecified atom stereocenters. The maximum absolute atomic E-state index is 12.6. The molecule has 10 nitrogen and oxygen atoms in total. The molecule has 0 saturated heterocycles. The summed E-state index contributed by atoms with van der Waals surface area (Å²) in [7, 11) is -3.69. The number of imide groups is 1. The standard InChI is InChI=1S/C23H25N3O7S/c1-3-25(4-2)34(31,32)17-9-7-8-16(14-17)24-20(27)15-33-21(28)12-13-26-22(29)18-10-5-6-11-19(18)23(26)30/h5-11,14H,3-4,12-13,15H2,1-2H3,(H,24,27). The number of rotatable bonds is 10. The highest BCUT2D eigenvalue weighted by Gasteiger charge is 2.35. The summed E-state index contributed by atoms with van der Waals surface area (Å²) in [5.41, 5.74) is 0.802. The van der Waals surface area contributed by atoms with Crippen LogP contribution in [0.3, 0.4) is 0 Å². The van der Waals surface area contributed by atoms with Crippen molar-refractivity contribution < 1.29 is 32.3 Å². The molecule has 0 fully saturated rings. The summed E-state index contributed by atoms with van der Waals surface area (Å²) in [6.07, 6.45) is -0.268. The third-order valence-electron chi connectivity index (χ3n) is 5.24. The molecule has 0 spiro atoms. The van der Waals surface area contributed by atoms with Crippen LogP contribution in [0.1, 0.15) is 41.0 Å². The topological polar surface area (TPSA) is 130 Å². The molecule has 1 aliphatic rings. The first kappa shape index (κ1) is 25.1. The number of hydrogen-bond acceptors (Lipinski definition) is 7. The van der Waals surface area contributed by atoms with Gasteiger partial charge >= 0.3 is 5.97 Å². The van der Waals surface area contributed by atoms with Crippen molar-refractivity contribution in [3.05, 3.63) is 59.7 Å². The van der Waals surface area contributed by atoms with Crippen molar-refractivity contribution in [1.29, 1.82) is 0 Å². The van der Waals surface area contributed by atoms with Crippen LogP contribution in [0.2, 0.25) is 0 Å². The van der Waals surface area contributed by atoms with Gasteiger partial charge in [0.2, 0.25) is 10.0 Å². The number of nitrogens with zero attached hydrogens (tertiary/aromatic N) is 2. The third kappa shape index (κ3) is 5.32. The van der Waals surface area contributed by atoms with Crippen LogP contribution in [0.25, 0.3) is 0 Å². The normalized spacial score (nSPS) is 13.2. The van der Waals surface area contributed by atoms with E-state index in [2.05, 4.69) is 5.32 Å². The SMILES string of the molecule is CCN(CC)S(=O)(=O)c1cccc(NC(=O)COC(=O)CCN2C(=O)c3ccccc3C2=O)c1. The number of esters is 1. The van der Waals surface area contributed by atoms with Crippen molar-refractivity contribution in [2.24, 2.45) is 0 Å². The molecular weight excluding hydrogens is 462 g/mol. The second kappa shape index (κ2) is 10.6. The maximum Gasteiger partial charge on any atom is 0.308 e. The Labute approximate surface area is 197 Å². The molecule has 34 heavy (non-hydrogen) atoms. The highest BCUT2D eigenvalue weighted by molar-refractivity contribution is 7.89. The molecule has 3 rings (SSSR count). The molecule has 2 aromatic rings. The van der Waals surface area contributed by atoms with Crippen molar-refractivity contribution in [1.82, 2.24) is 9.21 Å². The second-order valence-corrected chi connectivity index (χ2v) is 9.32. The molecule has 180 valence electrons. The van der Waals surface area contributed by atoms with Crippen LogP contribution in [0.15, 0.2) is 53.4 Å². The summed E-state index contributed by atoms with van der Waals surface area (Å²) in [4.78, 5) is 49.8. The lowest BCUT2D eigenvalue weighted by atomic mass is 10.1. The van der Waals surface area contributed by atoms with Crippen LogP contribution in [0.4, 0.5) is 5.69 Å². The fraction of sp³-hybridized carbons (Fsp3) is 0.304. The van der Waals surface area contributed by atoms with Crippen LogP contribution in [0, 0.1) is 0 Å². The van der Waals surface area contributed by atoms with Crippen LogP contribution < -0.4 is 5.32 Å². The van der Waals surface area contributed by atoms with Crippen molar-refractivity contribution in [2.75, 3.05) is 31.6 Å². The Morgan fingerprint density at radius 3 is 2.18 bits per heavy atom. The number of ether oxygens (including phenoxy) is 1. The summed E-state index contributed by atoms with van der Waals surface area (Å²) < 4.78 is 31.5. The zero-order valence-electron chi connectivity index (χ0n) is 18.8. The summed E-state index contributed by atoms with van der Waals surface area (Å²) in [6.45, 7) is 3.31. The maximum atomic E-state index is 12.6. The van der Waals surface area contributed by atoms with E-state index in [1.165, 1.54) is 28.6 Å². The monoisotopic (exact) mass is 487 g/mol. The van der Waals surface area contributed by atoms with Gasteiger partial charge in [-0.15, -0.1) is 0 Å². The minimum Gasteiger partial charge on any atom is -0.456 e. The minimum atomic E-state index is -3.69. The fourth-order valence-electron chi connectivity index (χ4n) is 3.51. The van der Waals surface area contributed by atoms with Gasteiger partial charge in [0.05, 0.1) is 22.4 Å². The lowest BCUT2D eigenvalue weighted by molar-refractivity contribution is -0.147. The molecule has 1 heterocycles. The Hall–Kier alpha value is -3.57. The third-order valence-corrected chi connectivity index (χ3v) is 7.29. The fourth-order valence-corrected chi connectivity index (χ4v) is 5.01. The van der Waals surface area contributed by atoms with E-state index in [4.69, 9.17) is 4.74 Å². The van der Waals surface area contributed by atoms with Gasteiger partial charge in [0.25, 0.3) is 17.7 Å². The van der Waals surface area contributed by atoms with Gasteiger partial charge in [-0.25, -0.2) is 8.42 Å². The van der Waals surface area contributed by atoms with Gasteiger partial charge in [-0.1, -0.05) is 32.0 Å². The predicted molar refractivity (Wildman–Crippen MR) is 123 cm³/mol. The van der Waals surface area contributed by atoms with E-state index >= 15 is 0 Å². The predicted octanol–water partition coefficient (Wildman–Crippen LogP) is 1.89. The Kier molecular flexibility index (Phi) is 7.79. The Morgan fingerprint density at radius 1 is 0.971 bits per heavy atom. The van der Waals surface area contributed by atoms with E-state index in [-0.39, 0.29) is 34.7 Å². The first-order valence-corrected chi connectivity index (χ1v) is 12.1. The largest absolute Gasteiger partial charge is 0.456 e. The lowest BCUT2D eigenvalue weighted by Gasteiger charge is -2.18. The van der Waals surface area contributed by atoms with E-state index in [9.17, 15) is 27.6 Å². The van der Waals surface area contributed by atoms with Gasteiger partial charge in [0, 0.05) is 25.3 Å². The van der Waals surface area contributed by atoms with Gasteiger partial charge in [0.15, 0.2) is 6.61 Å². The van der Waals surface area contributed by atoms with Crippen molar-refractivity contribution in [2.45, 2.75) is 25.2 Å². The molecule has 0 atom stereocenters. The lowest BCUT2D eigenvalue weighted by Crippen LogP contribution is -2.32. The number of sulfonamides is 1. The van der Waals surface area contributed by atoms with E-state index in [0.717, 1.165) is 4.90 Å². The minimum absolute atomic E-state index is 0.0342. The zero-order chi connectivity index (χ0) is 24.9. The van der Waals surface area contributed by atoms with Crippen LogP contribution in [-0.2, 0) is 24.3 Å². The average Bonchev–Trinajstić information content (AvgIpc) is 3.07. The number of benzene rings is 2. The summed E-state index contributed by atoms with van der Waals surface area (Å²) in [6, 6.07) is 12.2. The van der Waals surface area contributed by atoms with Crippen molar-refractivity contribution in [3.8, 4) is 0 Å². The molecule has 2 aromatic carbocycles. The van der Waals surface area contributed by atoms with Crippen LogP contribution >= 0.6 is 0 Å². The van der Waals surface area contributed by atoms with Crippen LogP contribution in [0.5, 0.6) is 0 Å². The molecule has 0 aromatic heterocycles. The van der Waals surface area contributed by atoms with Gasteiger partial charge in [-0.3, -0.25) is 24.1 Å². The van der Waals surface area contributed by atoms with Crippen molar-refractivity contribution >= 4 is 39.4 Å².